The number of hydrogen-bond donors (Lipinski definition) is 0. The van der Waals surface area contributed by atoms with Gasteiger partial charge in [0, 0.05) is 0 Å². The van der Waals surface area contributed by atoms with Crippen molar-refractivity contribution in [3.05, 3.63) is 122 Å². The van der Waals surface area contributed by atoms with Crippen LogP contribution in [0.4, 0.5) is 0 Å². The van der Waals surface area contributed by atoms with Crippen LogP contribution in [0.5, 0.6) is 0 Å². The molecule has 0 heterocycles. The van der Waals surface area contributed by atoms with E-state index in [-0.39, 0.29) is 19.8 Å². The summed E-state index contributed by atoms with van der Waals surface area (Å²) in [6.45, 7) is 4.91. The number of ether oxygens (including phenoxy) is 2. The molecule has 0 N–H and O–H groups in total. The van der Waals surface area contributed by atoms with Crippen molar-refractivity contribution >= 4 is 7.82 Å². The van der Waals surface area contributed by atoms with Crippen molar-refractivity contribution in [2.45, 2.75) is 136 Å². The number of unbranched alkanes of at least 4 members (excludes halogenated alkanes) is 16. The largest absolute Gasteiger partial charge is 0.756 e. The van der Waals surface area contributed by atoms with E-state index >= 15 is 0 Å². The van der Waals surface area contributed by atoms with Crippen LogP contribution in [-0.2, 0) is 23.1 Å². The fraction of sp³-hybridized carbons (Fsp3) is 0.583. The molecule has 0 rings (SSSR count). The first-order valence-electron chi connectivity index (χ1n) is 21.5. The number of phosphoric acid groups is 1. The molecule has 1 unspecified atom stereocenters. The van der Waals surface area contributed by atoms with Gasteiger partial charge in [0.05, 0.1) is 40.3 Å². The van der Waals surface area contributed by atoms with Crippen molar-refractivity contribution in [2.75, 3.05) is 47.5 Å². The molecule has 56 heavy (non-hydrogen) atoms. The van der Waals surface area contributed by atoms with Gasteiger partial charge in [-0.2, -0.15) is 0 Å². The first kappa shape index (κ1) is 53.1. The third-order valence-electron chi connectivity index (χ3n) is 8.51. The Kier molecular flexibility index (Phi) is 38.2. The van der Waals surface area contributed by atoms with E-state index in [0.717, 1.165) is 12.8 Å². The van der Waals surface area contributed by atoms with Gasteiger partial charge in [0.25, 0.3) is 7.82 Å². The van der Waals surface area contributed by atoms with Crippen LogP contribution < -0.4 is 4.89 Å². The van der Waals surface area contributed by atoms with E-state index in [0.29, 0.717) is 11.0 Å². The predicted molar refractivity (Wildman–Crippen MR) is 239 cm³/mol. The summed E-state index contributed by atoms with van der Waals surface area (Å²) in [7, 11) is 1.38. The van der Waals surface area contributed by atoms with Crippen LogP contribution in [0.2, 0.25) is 0 Å². The summed E-state index contributed by atoms with van der Waals surface area (Å²) >= 11 is 0. The standard InChI is InChI=1S/C48H80NO6P/c1-6-8-10-12-14-16-18-20-22-24-26-28-30-32-34-36-38-40-43-52-46-48(47-55-56(50,51)54-45-42-49(3,4)5)53-44-41-39-37-35-33-31-29-27-25-23-21-19-17-15-13-11-9-7-2/h24-41,43-44,48H,6-23,42,45-47H2,1-5H3/t48-/m1/s1. The molecule has 0 radical (unpaired) electrons. The highest BCUT2D eigenvalue weighted by Gasteiger charge is 2.17. The summed E-state index contributed by atoms with van der Waals surface area (Å²) in [5.74, 6) is 0. The summed E-state index contributed by atoms with van der Waals surface area (Å²) in [5, 5.41) is 0. The Morgan fingerprint density at radius 3 is 1.34 bits per heavy atom. The van der Waals surface area contributed by atoms with Crippen LogP contribution in [0.25, 0.3) is 0 Å². The summed E-state index contributed by atoms with van der Waals surface area (Å²) in [6.07, 6.45) is 61.6. The molecule has 0 saturated heterocycles. The molecule has 0 aromatic heterocycles. The fourth-order valence-corrected chi connectivity index (χ4v) is 5.87. The van der Waals surface area contributed by atoms with Crippen LogP contribution in [0.3, 0.4) is 0 Å². The summed E-state index contributed by atoms with van der Waals surface area (Å²) in [5.41, 5.74) is 0. The predicted octanol–water partition coefficient (Wildman–Crippen LogP) is 13.1. The molecule has 0 aromatic rings. The molecule has 0 fully saturated rings. The molecule has 0 aromatic carbocycles. The van der Waals surface area contributed by atoms with Crippen molar-refractivity contribution < 1.29 is 32.5 Å². The highest BCUT2D eigenvalue weighted by molar-refractivity contribution is 7.45. The quantitative estimate of drug-likeness (QED) is 0.0204. The lowest BCUT2D eigenvalue weighted by atomic mass is 10.1. The van der Waals surface area contributed by atoms with Gasteiger partial charge < -0.3 is 27.9 Å². The van der Waals surface area contributed by atoms with E-state index < -0.39 is 13.9 Å². The zero-order valence-electron chi connectivity index (χ0n) is 36.0. The van der Waals surface area contributed by atoms with Gasteiger partial charge in [-0.1, -0.05) is 201 Å². The molecule has 0 aliphatic carbocycles. The Morgan fingerprint density at radius 2 is 0.893 bits per heavy atom. The minimum Gasteiger partial charge on any atom is -0.756 e. The molecule has 8 heteroatoms. The van der Waals surface area contributed by atoms with E-state index in [1.807, 2.05) is 94.1 Å². The second-order valence-corrected chi connectivity index (χ2v) is 16.4. The topological polar surface area (TPSA) is 77.1 Å². The minimum atomic E-state index is -4.49. The zero-order chi connectivity index (χ0) is 41.1. The molecule has 0 saturated carbocycles. The maximum atomic E-state index is 12.3. The lowest BCUT2D eigenvalue weighted by Gasteiger charge is -2.28. The Balaban J connectivity index is 4.62. The molecule has 0 spiro atoms. The average Bonchev–Trinajstić information content (AvgIpc) is 3.16. The zero-order valence-corrected chi connectivity index (χ0v) is 36.9. The molecule has 0 aliphatic heterocycles. The maximum absolute atomic E-state index is 12.3. The smallest absolute Gasteiger partial charge is 0.268 e. The Bertz CT molecular complexity index is 1230. The second kappa shape index (κ2) is 40.3. The van der Waals surface area contributed by atoms with Gasteiger partial charge in [0.2, 0.25) is 0 Å². The van der Waals surface area contributed by atoms with Crippen molar-refractivity contribution in [1.29, 1.82) is 0 Å². The van der Waals surface area contributed by atoms with Gasteiger partial charge in [-0.05, 0) is 37.8 Å². The number of likely N-dealkylation sites (N-methyl/N-ethyl adjacent to an activating group) is 1. The summed E-state index contributed by atoms with van der Waals surface area (Å²) in [4.78, 5) is 12.3. The number of nitrogens with zero attached hydrogens (tertiary/aromatic N) is 1. The highest BCUT2D eigenvalue weighted by atomic mass is 31.2. The van der Waals surface area contributed by atoms with Gasteiger partial charge in [-0.25, -0.2) is 0 Å². The summed E-state index contributed by atoms with van der Waals surface area (Å²) in [6, 6.07) is 0. The van der Waals surface area contributed by atoms with Crippen LogP contribution in [0.1, 0.15) is 129 Å². The Labute approximate surface area is 344 Å². The van der Waals surface area contributed by atoms with E-state index in [2.05, 4.69) is 38.2 Å². The van der Waals surface area contributed by atoms with Crippen LogP contribution in [-0.4, -0.2) is 58.1 Å². The van der Waals surface area contributed by atoms with E-state index in [4.69, 9.17) is 18.5 Å². The lowest BCUT2D eigenvalue weighted by molar-refractivity contribution is -0.870. The maximum Gasteiger partial charge on any atom is 0.268 e. The number of rotatable bonds is 38. The highest BCUT2D eigenvalue weighted by Crippen LogP contribution is 2.38. The van der Waals surface area contributed by atoms with E-state index in [1.165, 1.54) is 115 Å². The third kappa shape index (κ3) is 43.8. The van der Waals surface area contributed by atoms with Gasteiger partial charge in [-0.3, -0.25) is 4.57 Å². The first-order valence-corrected chi connectivity index (χ1v) is 23.0. The summed E-state index contributed by atoms with van der Waals surface area (Å²) < 4.78 is 34.4. The lowest BCUT2D eigenvalue weighted by Crippen LogP contribution is -2.37. The second-order valence-electron chi connectivity index (χ2n) is 15.0. The average molecular weight is 798 g/mol. The van der Waals surface area contributed by atoms with Crippen molar-refractivity contribution in [1.82, 2.24) is 0 Å². The van der Waals surface area contributed by atoms with E-state index in [1.54, 1.807) is 12.2 Å². The van der Waals surface area contributed by atoms with Crippen molar-refractivity contribution in [3.63, 3.8) is 0 Å². The number of allylic oxidation sites excluding steroid dienone is 18. The Morgan fingerprint density at radius 1 is 0.500 bits per heavy atom. The molecule has 0 amide bonds. The molecule has 318 valence electrons. The van der Waals surface area contributed by atoms with Crippen LogP contribution >= 0.6 is 7.82 Å². The molecule has 0 bridgehead atoms. The van der Waals surface area contributed by atoms with Gasteiger partial charge in [0.1, 0.15) is 19.8 Å². The van der Waals surface area contributed by atoms with Crippen LogP contribution in [0, 0.1) is 0 Å². The minimum absolute atomic E-state index is 0.0324. The SMILES string of the molecule is CCCCCCCCCCC=CC=CC=CC=CC=COC[C@H](COP(=O)([O-])OCC[N+](C)(C)C)OC=CC=CC=CC=CC=CCCCCCCCCCC. The number of quaternary nitrogens is 1. The normalized spacial score (nSPS) is 15.0. The fourth-order valence-electron chi connectivity index (χ4n) is 5.14. The molecule has 2 atom stereocenters. The van der Waals surface area contributed by atoms with Gasteiger partial charge >= 0.3 is 0 Å². The molecular weight excluding hydrogens is 718 g/mol. The molecule has 0 aliphatic rings. The van der Waals surface area contributed by atoms with Crippen molar-refractivity contribution in [3.8, 4) is 0 Å². The number of phosphoric ester groups is 1. The monoisotopic (exact) mass is 798 g/mol. The molecule has 7 nitrogen and oxygen atoms in total. The Hall–Kier alpha value is -2.93. The van der Waals surface area contributed by atoms with Gasteiger partial charge in [0.15, 0.2) is 6.10 Å². The van der Waals surface area contributed by atoms with Gasteiger partial charge in [-0.15, -0.1) is 0 Å². The number of hydrogen-bond acceptors (Lipinski definition) is 6. The van der Waals surface area contributed by atoms with Crippen molar-refractivity contribution in [2.24, 2.45) is 0 Å². The molecular formula is C48H80NO6P. The first-order chi connectivity index (χ1) is 27.2. The third-order valence-corrected chi connectivity index (χ3v) is 9.48. The van der Waals surface area contributed by atoms with E-state index in [9.17, 15) is 9.46 Å². The van der Waals surface area contributed by atoms with Crippen LogP contribution in [0.15, 0.2) is 122 Å².